The van der Waals surface area contributed by atoms with Gasteiger partial charge in [-0.1, -0.05) is 93.2 Å². The second kappa shape index (κ2) is 30.9. The highest BCUT2D eigenvalue weighted by molar-refractivity contribution is 5.70. The zero-order valence-electron chi connectivity index (χ0n) is 34.0. The van der Waals surface area contributed by atoms with Crippen molar-refractivity contribution >= 4 is 11.9 Å². The van der Waals surface area contributed by atoms with Gasteiger partial charge in [-0.05, 0) is 57.8 Å². The number of aliphatic hydroxyl groups is 7. The van der Waals surface area contributed by atoms with Crippen LogP contribution in [0.2, 0.25) is 0 Å². The summed E-state index contributed by atoms with van der Waals surface area (Å²) < 4.78 is 33.2. The van der Waals surface area contributed by atoms with Crippen molar-refractivity contribution < 1.29 is 73.8 Å². The highest BCUT2D eigenvalue weighted by Gasteiger charge is 2.47. The molecule has 11 atom stereocenters. The van der Waals surface area contributed by atoms with E-state index >= 15 is 0 Å². The maximum absolute atomic E-state index is 12.9. The van der Waals surface area contributed by atoms with E-state index in [2.05, 4.69) is 50.3 Å². The molecule has 2 aliphatic heterocycles. The summed E-state index contributed by atoms with van der Waals surface area (Å²) in [7, 11) is 0. The van der Waals surface area contributed by atoms with Gasteiger partial charge in [-0.3, -0.25) is 9.59 Å². The average molecular weight is 825 g/mol. The zero-order valence-corrected chi connectivity index (χ0v) is 34.0. The minimum absolute atomic E-state index is 0.108. The predicted octanol–water partition coefficient (Wildman–Crippen LogP) is 3.14. The minimum atomic E-state index is -1.78. The van der Waals surface area contributed by atoms with Gasteiger partial charge in [0.25, 0.3) is 0 Å². The van der Waals surface area contributed by atoms with Crippen LogP contribution in [0.5, 0.6) is 0 Å². The van der Waals surface area contributed by atoms with E-state index in [9.17, 15) is 45.3 Å². The SMILES string of the molecule is CC/C=C/C=C/C=C/C=C/CCCCCC(=O)OC(COC(=O)CCCC/C=C/C/C=C/CC)CO[C@@H]1O[C@H](CO[C@@H]2O[C@H](CO)[C@H](O)C(O)C2O)[C@H](O)C(O)C1O. The Morgan fingerprint density at radius 1 is 0.569 bits per heavy atom. The highest BCUT2D eigenvalue weighted by Crippen LogP contribution is 2.26. The standard InChI is InChI=1S/C43H68O15/c1-3-5-7-9-11-13-14-15-16-18-20-22-24-26-35(46)56-31(28-53-34(45)25-23-21-19-17-12-10-8-6-4-2)29-54-42-41(52)39(50)37(48)33(58-42)30-55-43-40(51)38(49)36(47)32(27-44)57-43/h5-9,11-17,31-33,36-44,47-52H,3-4,10,18-30H2,1-2H3/b7-5+,8-6+,11-9+,14-13+,16-15+,17-12+/t31?,32-,33-,36+,37+,38?,39?,40?,41?,42-,43-/m1/s1. The second-order valence-electron chi connectivity index (χ2n) is 14.1. The summed E-state index contributed by atoms with van der Waals surface area (Å²) in [4.78, 5) is 25.4. The number of aliphatic hydroxyl groups excluding tert-OH is 7. The molecule has 0 bridgehead atoms. The highest BCUT2D eigenvalue weighted by atomic mass is 16.7. The molecule has 58 heavy (non-hydrogen) atoms. The lowest BCUT2D eigenvalue weighted by atomic mass is 9.98. The number of unbranched alkanes of at least 4 members (excludes halogenated alkanes) is 5. The molecule has 2 fully saturated rings. The smallest absolute Gasteiger partial charge is 0.306 e. The number of ether oxygens (including phenoxy) is 6. The van der Waals surface area contributed by atoms with Gasteiger partial charge in [0.2, 0.25) is 0 Å². The van der Waals surface area contributed by atoms with Gasteiger partial charge in [-0.2, -0.15) is 0 Å². The molecule has 0 aromatic heterocycles. The molecule has 7 N–H and O–H groups in total. The van der Waals surface area contributed by atoms with Crippen molar-refractivity contribution in [3.8, 4) is 0 Å². The fourth-order valence-corrected chi connectivity index (χ4v) is 5.85. The molecular formula is C43H68O15. The Hall–Kier alpha value is -3.06. The molecule has 2 saturated heterocycles. The van der Waals surface area contributed by atoms with Crippen LogP contribution in [0.25, 0.3) is 0 Å². The molecule has 0 radical (unpaired) electrons. The molecule has 15 nitrogen and oxygen atoms in total. The van der Waals surface area contributed by atoms with E-state index in [1.165, 1.54) is 0 Å². The van der Waals surface area contributed by atoms with Crippen molar-refractivity contribution in [2.75, 3.05) is 26.4 Å². The fourth-order valence-electron chi connectivity index (χ4n) is 5.85. The number of rotatable bonds is 28. The van der Waals surface area contributed by atoms with E-state index in [4.69, 9.17) is 28.4 Å². The monoisotopic (exact) mass is 824 g/mol. The van der Waals surface area contributed by atoms with Crippen LogP contribution in [0.4, 0.5) is 0 Å². The molecule has 0 aliphatic carbocycles. The van der Waals surface area contributed by atoms with Crippen molar-refractivity contribution in [2.45, 2.75) is 158 Å². The van der Waals surface area contributed by atoms with Crippen molar-refractivity contribution in [3.05, 3.63) is 72.9 Å². The molecule has 0 aromatic rings. The summed E-state index contributed by atoms with van der Waals surface area (Å²) in [6, 6.07) is 0. The number of allylic oxidation sites excluding steroid dienone is 12. The van der Waals surface area contributed by atoms with E-state index in [-0.39, 0.29) is 19.4 Å². The third-order valence-electron chi connectivity index (χ3n) is 9.27. The molecule has 2 aliphatic rings. The lowest BCUT2D eigenvalue weighted by Crippen LogP contribution is -2.61. The number of hydrogen-bond acceptors (Lipinski definition) is 15. The average Bonchev–Trinajstić information content (AvgIpc) is 3.21. The van der Waals surface area contributed by atoms with Gasteiger partial charge in [0.15, 0.2) is 18.7 Å². The predicted molar refractivity (Wildman–Crippen MR) is 215 cm³/mol. The van der Waals surface area contributed by atoms with E-state index in [1.54, 1.807) is 0 Å². The molecule has 0 amide bonds. The fraction of sp³-hybridized carbons (Fsp3) is 0.674. The van der Waals surface area contributed by atoms with E-state index in [0.29, 0.717) is 12.8 Å². The molecule has 5 unspecified atom stereocenters. The summed E-state index contributed by atoms with van der Waals surface area (Å²) >= 11 is 0. The Morgan fingerprint density at radius 2 is 1.12 bits per heavy atom. The zero-order chi connectivity index (χ0) is 42.5. The number of carbonyl (C=O) groups excluding carboxylic acids is 2. The number of hydrogen-bond donors (Lipinski definition) is 7. The Balaban J connectivity index is 1.93. The van der Waals surface area contributed by atoms with Crippen molar-refractivity contribution in [1.29, 1.82) is 0 Å². The van der Waals surface area contributed by atoms with Gasteiger partial charge in [0.1, 0.15) is 55.4 Å². The molecule has 2 rings (SSSR count). The van der Waals surface area contributed by atoms with Crippen LogP contribution in [-0.2, 0) is 38.0 Å². The third kappa shape index (κ3) is 20.3. The molecule has 330 valence electrons. The summed E-state index contributed by atoms with van der Waals surface area (Å²) in [5.41, 5.74) is 0. The van der Waals surface area contributed by atoms with Crippen LogP contribution in [0.15, 0.2) is 72.9 Å². The van der Waals surface area contributed by atoms with Gasteiger partial charge in [0, 0.05) is 12.8 Å². The normalized spacial score (nSPS) is 28.8. The van der Waals surface area contributed by atoms with Gasteiger partial charge >= 0.3 is 11.9 Å². The Labute approximate surface area is 342 Å². The van der Waals surface area contributed by atoms with E-state index in [1.807, 2.05) is 36.5 Å². The molecule has 2 heterocycles. The van der Waals surface area contributed by atoms with Crippen LogP contribution in [-0.4, -0.2) is 142 Å². The lowest BCUT2D eigenvalue weighted by Gasteiger charge is -2.42. The van der Waals surface area contributed by atoms with Gasteiger partial charge in [-0.25, -0.2) is 0 Å². The summed E-state index contributed by atoms with van der Waals surface area (Å²) in [5.74, 6) is -1.03. The first-order valence-electron chi connectivity index (χ1n) is 20.6. The number of esters is 2. The Kier molecular flexibility index (Phi) is 27.2. The molecule has 15 heteroatoms. The molecule has 0 aromatic carbocycles. The summed E-state index contributed by atoms with van der Waals surface area (Å²) in [6.07, 6.45) is 15.6. The van der Waals surface area contributed by atoms with Gasteiger partial charge in [0.05, 0.1) is 19.8 Å². The van der Waals surface area contributed by atoms with Crippen LogP contribution in [0, 0.1) is 0 Å². The lowest BCUT2D eigenvalue weighted by molar-refractivity contribution is -0.332. The van der Waals surface area contributed by atoms with Gasteiger partial charge < -0.3 is 64.2 Å². The quantitative estimate of drug-likeness (QED) is 0.0260. The van der Waals surface area contributed by atoms with Crippen LogP contribution in [0.1, 0.15) is 90.9 Å². The molecule has 0 spiro atoms. The first-order chi connectivity index (χ1) is 28.0. The molecule has 0 saturated carbocycles. The van der Waals surface area contributed by atoms with Crippen LogP contribution in [0.3, 0.4) is 0 Å². The summed E-state index contributed by atoms with van der Waals surface area (Å²) in [5, 5.41) is 71.6. The maximum Gasteiger partial charge on any atom is 0.306 e. The van der Waals surface area contributed by atoms with E-state index in [0.717, 1.165) is 51.4 Å². The minimum Gasteiger partial charge on any atom is -0.462 e. The first kappa shape index (κ1) is 51.1. The van der Waals surface area contributed by atoms with Crippen LogP contribution >= 0.6 is 0 Å². The van der Waals surface area contributed by atoms with Crippen molar-refractivity contribution in [1.82, 2.24) is 0 Å². The van der Waals surface area contributed by atoms with Crippen LogP contribution < -0.4 is 0 Å². The Morgan fingerprint density at radius 3 is 1.81 bits per heavy atom. The van der Waals surface area contributed by atoms with Crippen molar-refractivity contribution in [2.24, 2.45) is 0 Å². The topological polar surface area (TPSA) is 231 Å². The second-order valence-corrected chi connectivity index (χ2v) is 14.1. The molecular weight excluding hydrogens is 756 g/mol. The van der Waals surface area contributed by atoms with Gasteiger partial charge in [-0.15, -0.1) is 0 Å². The third-order valence-corrected chi connectivity index (χ3v) is 9.27. The number of carbonyl (C=O) groups is 2. The largest absolute Gasteiger partial charge is 0.462 e. The van der Waals surface area contributed by atoms with E-state index < -0.39 is 99.3 Å². The van der Waals surface area contributed by atoms with Crippen molar-refractivity contribution in [3.63, 3.8) is 0 Å². The first-order valence-corrected chi connectivity index (χ1v) is 20.6. The summed E-state index contributed by atoms with van der Waals surface area (Å²) in [6.45, 7) is 2.17. The maximum atomic E-state index is 12.9. The Bertz CT molecular complexity index is 1290.